The number of halogens is 1. The van der Waals surface area contributed by atoms with Gasteiger partial charge in [0, 0.05) is 26.0 Å². The highest BCUT2D eigenvalue weighted by molar-refractivity contribution is 6.11. The summed E-state index contributed by atoms with van der Waals surface area (Å²) in [5.41, 5.74) is -0.123. The summed E-state index contributed by atoms with van der Waals surface area (Å²) in [5.74, 6) is -0.388. The van der Waals surface area contributed by atoms with E-state index in [0.717, 1.165) is 24.5 Å². The van der Waals surface area contributed by atoms with Crippen molar-refractivity contribution in [2.24, 2.45) is 0 Å². The van der Waals surface area contributed by atoms with Crippen molar-refractivity contribution >= 4 is 17.7 Å². The number of imide groups is 1. The molecule has 0 spiro atoms. The third-order valence-corrected chi connectivity index (χ3v) is 7.59. The van der Waals surface area contributed by atoms with Crippen LogP contribution in [0.1, 0.15) is 124 Å². The van der Waals surface area contributed by atoms with E-state index in [1.165, 1.54) is 90.4 Å². The third-order valence-electron chi connectivity index (χ3n) is 7.59. The molecule has 40 heavy (non-hydrogen) atoms. The van der Waals surface area contributed by atoms with E-state index in [2.05, 4.69) is 6.92 Å². The van der Waals surface area contributed by atoms with E-state index < -0.39 is 11.7 Å². The molecule has 0 N–H and O–H groups in total. The zero-order valence-electron chi connectivity index (χ0n) is 25.6. The highest BCUT2D eigenvalue weighted by atomic mass is 127. The monoisotopic (exact) mass is 674 g/mol. The molecule has 1 aromatic heterocycles. The highest BCUT2D eigenvalue weighted by Gasteiger charge is 2.39. The summed E-state index contributed by atoms with van der Waals surface area (Å²) in [6.45, 7) is 9.62. The Morgan fingerprint density at radius 2 is 1.55 bits per heavy atom. The Morgan fingerprint density at radius 1 is 0.975 bits per heavy atom. The zero-order valence-corrected chi connectivity index (χ0v) is 27.8. The Bertz CT molecular complexity index is 839. The fourth-order valence-corrected chi connectivity index (χ4v) is 5.18. The fraction of sp³-hybridized carbons (Fsp3) is 0.781. The van der Waals surface area contributed by atoms with E-state index in [1.54, 1.807) is 12.3 Å². The zero-order chi connectivity index (χ0) is 28.3. The SMILES string of the molecule is CCCCCCCCCCCCCCCCOC1COC(C)(COC(=O)N(C(C)=O)c2ccc[n+](CC)c2)C1.[I-]. The summed E-state index contributed by atoms with van der Waals surface area (Å²) in [5, 5.41) is 0. The van der Waals surface area contributed by atoms with Gasteiger partial charge in [-0.2, -0.15) is 0 Å². The average molecular weight is 675 g/mol. The van der Waals surface area contributed by atoms with Crippen LogP contribution in [0.4, 0.5) is 10.5 Å². The van der Waals surface area contributed by atoms with Crippen molar-refractivity contribution in [3.8, 4) is 0 Å². The van der Waals surface area contributed by atoms with Gasteiger partial charge in [-0.25, -0.2) is 14.3 Å². The van der Waals surface area contributed by atoms with Crippen molar-refractivity contribution in [1.82, 2.24) is 0 Å². The van der Waals surface area contributed by atoms with E-state index in [1.807, 2.05) is 30.7 Å². The number of rotatable bonds is 20. The molecular weight excluding hydrogens is 619 g/mol. The molecule has 2 rings (SSSR count). The van der Waals surface area contributed by atoms with Crippen LogP contribution in [0.25, 0.3) is 0 Å². The van der Waals surface area contributed by atoms with Crippen molar-refractivity contribution in [3.05, 3.63) is 24.5 Å². The first kappa shape index (κ1) is 36.8. The van der Waals surface area contributed by atoms with Gasteiger partial charge in [-0.1, -0.05) is 90.4 Å². The molecule has 1 fully saturated rings. The van der Waals surface area contributed by atoms with Crippen LogP contribution in [0, 0.1) is 0 Å². The van der Waals surface area contributed by atoms with Crippen molar-refractivity contribution in [3.63, 3.8) is 0 Å². The predicted molar refractivity (Wildman–Crippen MR) is 156 cm³/mol. The molecule has 1 aliphatic rings. The van der Waals surface area contributed by atoms with Gasteiger partial charge in [-0.15, -0.1) is 0 Å². The highest BCUT2D eigenvalue weighted by Crippen LogP contribution is 2.28. The maximum Gasteiger partial charge on any atom is 0.421 e. The topological polar surface area (TPSA) is 69.0 Å². The van der Waals surface area contributed by atoms with Crippen LogP contribution >= 0.6 is 0 Å². The molecule has 1 aliphatic heterocycles. The Labute approximate surface area is 260 Å². The largest absolute Gasteiger partial charge is 1.00 e. The Morgan fingerprint density at radius 3 is 2.10 bits per heavy atom. The quantitative estimate of drug-likeness (QED) is 0.116. The lowest BCUT2D eigenvalue weighted by Crippen LogP contribution is -3.00. The number of hydrogen-bond donors (Lipinski definition) is 0. The second-order valence-electron chi connectivity index (χ2n) is 11.4. The molecule has 230 valence electrons. The molecule has 1 aromatic rings. The lowest BCUT2D eigenvalue weighted by atomic mass is 10.0. The number of pyridine rings is 1. The molecule has 2 amide bonds. The Kier molecular flexibility index (Phi) is 19.7. The molecule has 2 unspecified atom stereocenters. The van der Waals surface area contributed by atoms with E-state index in [-0.39, 0.29) is 42.6 Å². The number of anilines is 1. The summed E-state index contributed by atoms with van der Waals surface area (Å²) in [7, 11) is 0. The second-order valence-corrected chi connectivity index (χ2v) is 11.4. The van der Waals surface area contributed by atoms with Gasteiger partial charge in [-0.05, 0) is 26.3 Å². The van der Waals surface area contributed by atoms with E-state index in [0.29, 0.717) is 18.7 Å². The molecule has 7 nitrogen and oxygen atoms in total. The van der Waals surface area contributed by atoms with Crippen LogP contribution in [0.15, 0.2) is 24.5 Å². The third kappa shape index (κ3) is 14.6. The van der Waals surface area contributed by atoms with Gasteiger partial charge in [0.1, 0.15) is 24.4 Å². The summed E-state index contributed by atoms with van der Waals surface area (Å²) in [4.78, 5) is 26.0. The van der Waals surface area contributed by atoms with Crippen molar-refractivity contribution in [2.45, 2.75) is 142 Å². The standard InChI is InChI=1S/C32H55N2O5.HI/c1-5-7-8-9-10-11-12-13-14-15-16-17-18-19-23-37-30-24-32(4,39-26-30)27-38-31(36)34(28(3)35)29-21-20-22-33(6-2)25-29;/h20-22,25,30H,5-19,23-24,26-27H2,1-4H3;1H/q+1;/p-1. The number of amides is 2. The summed E-state index contributed by atoms with van der Waals surface area (Å²) in [6.07, 6.45) is 22.4. The number of carbonyl (C=O) groups excluding carboxylic acids is 2. The number of carbonyl (C=O) groups is 2. The second kappa shape index (κ2) is 21.4. The van der Waals surface area contributed by atoms with Crippen LogP contribution in [-0.4, -0.2) is 43.5 Å². The van der Waals surface area contributed by atoms with Gasteiger partial charge in [0.25, 0.3) is 0 Å². The van der Waals surface area contributed by atoms with Gasteiger partial charge < -0.3 is 38.2 Å². The smallest absolute Gasteiger partial charge is 0.421 e. The van der Waals surface area contributed by atoms with Gasteiger partial charge in [0.15, 0.2) is 12.4 Å². The number of aryl methyl sites for hydroxylation is 1. The molecule has 0 bridgehead atoms. The van der Waals surface area contributed by atoms with Crippen LogP contribution in [0.5, 0.6) is 0 Å². The summed E-state index contributed by atoms with van der Waals surface area (Å²) in [6, 6.07) is 3.53. The molecule has 0 aliphatic carbocycles. The lowest BCUT2D eigenvalue weighted by molar-refractivity contribution is -0.693. The molecular formula is C32H55IN2O5. The van der Waals surface area contributed by atoms with Gasteiger partial charge in [-0.3, -0.25) is 4.79 Å². The number of hydrogen-bond acceptors (Lipinski definition) is 5. The number of unbranched alkanes of at least 4 members (excludes halogenated alkanes) is 13. The molecule has 2 heterocycles. The first-order valence-corrected chi connectivity index (χ1v) is 15.6. The lowest BCUT2D eigenvalue weighted by Gasteiger charge is -2.25. The van der Waals surface area contributed by atoms with Crippen molar-refractivity contribution in [1.29, 1.82) is 0 Å². The van der Waals surface area contributed by atoms with E-state index in [4.69, 9.17) is 14.2 Å². The summed E-state index contributed by atoms with van der Waals surface area (Å²) >= 11 is 0. The minimum atomic E-state index is -0.687. The first-order valence-electron chi connectivity index (χ1n) is 15.6. The normalized spacial score (nSPS) is 18.4. The van der Waals surface area contributed by atoms with Gasteiger partial charge in [0.2, 0.25) is 5.91 Å². The van der Waals surface area contributed by atoms with Gasteiger partial charge >= 0.3 is 6.09 Å². The Hall–Kier alpha value is -1.26. The first-order chi connectivity index (χ1) is 18.9. The minimum absolute atomic E-state index is 0. The minimum Gasteiger partial charge on any atom is -1.00 e. The molecule has 2 atom stereocenters. The fourth-order valence-electron chi connectivity index (χ4n) is 5.18. The van der Waals surface area contributed by atoms with E-state index >= 15 is 0 Å². The number of aromatic nitrogens is 1. The van der Waals surface area contributed by atoms with Crippen LogP contribution in [0.2, 0.25) is 0 Å². The van der Waals surface area contributed by atoms with Gasteiger partial charge in [0.05, 0.1) is 12.7 Å². The summed E-state index contributed by atoms with van der Waals surface area (Å²) < 4.78 is 19.4. The predicted octanol–water partition coefficient (Wildman–Crippen LogP) is 4.53. The average Bonchev–Trinajstić information content (AvgIpc) is 3.30. The molecule has 0 aromatic carbocycles. The van der Waals surface area contributed by atoms with Crippen molar-refractivity contribution < 1.29 is 52.3 Å². The Balaban J connectivity index is 0.00000800. The van der Waals surface area contributed by atoms with E-state index in [9.17, 15) is 9.59 Å². The molecule has 0 saturated carbocycles. The number of ether oxygens (including phenoxy) is 3. The van der Waals surface area contributed by atoms with Crippen LogP contribution in [-0.2, 0) is 25.5 Å². The molecule has 0 radical (unpaired) electrons. The number of nitrogens with zero attached hydrogens (tertiary/aromatic N) is 2. The maximum atomic E-state index is 12.8. The van der Waals surface area contributed by atoms with Crippen molar-refractivity contribution in [2.75, 3.05) is 24.7 Å². The van der Waals surface area contributed by atoms with Crippen LogP contribution in [0.3, 0.4) is 0 Å². The molecule has 8 heteroatoms. The maximum absolute atomic E-state index is 12.8. The van der Waals surface area contributed by atoms with Crippen LogP contribution < -0.4 is 33.4 Å². The molecule has 1 saturated heterocycles.